The molecule has 1 aliphatic rings. The van der Waals surface area contributed by atoms with Crippen molar-refractivity contribution in [2.45, 2.75) is 45.1 Å². The second kappa shape index (κ2) is 6.02. The highest BCUT2D eigenvalue weighted by Gasteiger charge is 2.24. The monoisotopic (exact) mass is 288 g/mol. The molecule has 0 spiro atoms. The lowest BCUT2D eigenvalue weighted by Gasteiger charge is -2.31. The van der Waals surface area contributed by atoms with E-state index in [0.29, 0.717) is 11.8 Å². The van der Waals surface area contributed by atoms with E-state index in [0.717, 1.165) is 31.2 Å². The quantitative estimate of drug-likeness (QED) is 0.868. The van der Waals surface area contributed by atoms with E-state index in [1.807, 2.05) is 12.4 Å². The van der Waals surface area contributed by atoms with Gasteiger partial charge >= 0.3 is 0 Å². The molecule has 114 valence electrons. The number of rotatable bonds is 4. The van der Waals surface area contributed by atoms with Gasteiger partial charge in [-0.05, 0) is 19.4 Å². The zero-order chi connectivity index (χ0) is 14.8. The largest absolute Gasteiger partial charge is 0.448 e. The Kier molecular flexibility index (Phi) is 4.10. The zero-order valence-corrected chi connectivity index (χ0v) is 13.1. The minimum atomic E-state index is 0.348. The Hall–Kier alpha value is -1.62. The Morgan fingerprint density at radius 1 is 1.43 bits per heavy atom. The van der Waals surface area contributed by atoms with Crippen LogP contribution in [0.5, 0.6) is 0 Å². The molecule has 0 amide bonds. The van der Waals surface area contributed by atoms with E-state index in [2.05, 4.69) is 40.3 Å². The normalized spacial score (nSPS) is 20.3. The fourth-order valence-electron chi connectivity index (χ4n) is 3.07. The summed E-state index contributed by atoms with van der Waals surface area (Å²) in [6.45, 7) is 7.26. The minimum absolute atomic E-state index is 0.348. The van der Waals surface area contributed by atoms with Gasteiger partial charge in [0.15, 0.2) is 5.89 Å². The molecule has 0 unspecified atom stereocenters. The average Bonchev–Trinajstić information content (AvgIpc) is 3.08. The van der Waals surface area contributed by atoms with Crippen LogP contribution in [0.3, 0.4) is 0 Å². The summed E-state index contributed by atoms with van der Waals surface area (Å²) >= 11 is 0. The summed E-state index contributed by atoms with van der Waals surface area (Å²) in [5, 5.41) is 0. The van der Waals surface area contributed by atoms with Crippen LogP contribution >= 0.6 is 0 Å². The summed E-state index contributed by atoms with van der Waals surface area (Å²) in [5.41, 5.74) is 1.04. The van der Waals surface area contributed by atoms with E-state index in [4.69, 9.17) is 4.42 Å². The highest BCUT2D eigenvalue weighted by atomic mass is 16.3. The maximum Gasteiger partial charge on any atom is 0.196 e. The summed E-state index contributed by atoms with van der Waals surface area (Å²) in [6.07, 6.45) is 8.16. The van der Waals surface area contributed by atoms with Gasteiger partial charge in [0.2, 0.25) is 0 Å². The fraction of sp³-hybridized carbons (Fsp3) is 0.625. The maximum absolute atomic E-state index is 5.53. The van der Waals surface area contributed by atoms with Crippen LogP contribution in [-0.4, -0.2) is 32.5 Å². The van der Waals surface area contributed by atoms with Crippen molar-refractivity contribution in [3.63, 3.8) is 0 Å². The number of nitrogens with zero attached hydrogens (tertiary/aromatic N) is 4. The van der Waals surface area contributed by atoms with Crippen molar-refractivity contribution in [1.29, 1.82) is 0 Å². The average molecular weight is 288 g/mol. The first-order chi connectivity index (χ1) is 10.1. The number of piperidine rings is 1. The summed E-state index contributed by atoms with van der Waals surface area (Å²) in [6, 6.07) is 0. The van der Waals surface area contributed by atoms with Gasteiger partial charge in [0.25, 0.3) is 0 Å². The Balaban J connectivity index is 1.64. The molecule has 2 aromatic rings. The SMILES string of the molecule is CC(C)c1nc(CN2CCC[C@H](c3nccn3C)C2)co1. The molecule has 0 aromatic carbocycles. The third-order valence-corrected chi connectivity index (χ3v) is 4.18. The van der Waals surface area contributed by atoms with Gasteiger partial charge in [0.05, 0.1) is 5.69 Å². The second-order valence-electron chi connectivity index (χ2n) is 6.30. The van der Waals surface area contributed by atoms with Crippen LogP contribution < -0.4 is 0 Å². The molecule has 1 atom stereocenters. The zero-order valence-electron chi connectivity index (χ0n) is 13.1. The smallest absolute Gasteiger partial charge is 0.196 e. The van der Waals surface area contributed by atoms with Crippen molar-refractivity contribution in [1.82, 2.24) is 19.4 Å². The van der Waals surface area contributed by atoms with E-state index >= 15 is 0 Å². The van der Waals surface area contributed by atoms with E-state index in [1.54, 1.807) is 6.26 Å². The van der Waals surface area contributed by atoms with Gasteiger partial charge in [-0.2, -0.15) is 0 Å². The summed E-state index contributed by atoms with van der Waals surface area (Å²) in [5.74, 6) is 2.90. The molecule has 1 saturated heterocycles. The van der Waals surface area contributed by atoms with Crippen LogP contribution in [0, 0.1) is 0 Å². The topological polar surface area (TPSA) is 47.1 Å². The predicted molar refractivity (Wildman–Crippen MR) is 81.1 cm³/mol. The molecule has 5 heteroatoms. The lowest BCUT2D eigenvalue weighted by atomic mass is 9.97. The van der Waals surface area contributed by atoms with Gasteiger partial charge in [-0.25, -0.2) is 9.97 Å². The summed E-state index contributed by atoms with van der Waals surface area (Å²) in [7, 11) is 2.08. The first kappa shape index (κ1) is 14.3. The van der Waals surface area contributed by atoms with Crippen molar-refractivity contribution >= 4 is 0 Å². The van der Waals surface area contributed by atoms with Crippen molar-refractivity contribution in [2.75, 3.05) is 13.1 Å². The molecule has 3 heterocycles. The number of aromatic nitrogens is 3. The molecule has 0 radical (unpaired) electrons. The number of aryl methyl sites for hydroxylation is 1. The lowest BCUT2D eigenvalue weighted by Crippen LogP contribution is -2.34. The molecule has 2 aromatic heterocycles. The lowest BCUT2D eigenvalue weighted by molar-refractivity contribution is 0.193. The molecular weight excluding hydrogens is 264 g/mol. The van der Waals surface area contributed by atoms with E-state index in [-0.39, 0.29) is 0 Å². The Morgan fingerprint density at radius 3 is 2.95 bits per heavy atom. The Morgan fingerprint density at radius 2 is 2.29 bits per heavy atom. The maximum atomic E-state index is 5.53. The van der Waals surface area contributed by atoms with Crippen LogP contribution in [0.15, 0.2) is 23.1 Å². The third kappa shape index (κ3) is 3.18. The molecule has 21 heavy (non-hydrogen) atoms. The van der Waals surface area contributed by atoms with Crippen LogP contribution in [0.1, 0.15) is 55.9 Å². The van der Waals surface area contributed by atoms with Crippen LogP contribution in [-0.2, 0) is 13.6 Å². The molecule has 1 fully saturated rings. The number of likely N-dealkylation sites (tertiary alicyclic amines) is 1. The van der Waals surface area contributed by atoms with Crippen molar-refractivity contribution in [2.24, 2.45) is 7.05 Å². The van der Waals surface area contributed by atoms with Crippen LogP contribution in [0.25, 0.3) is 0 Å². The Labute approximate surface area is 126 Å². The van der Waals surface area contributed by atoms with Gasteiger partial charge < -0.3 is 8.98 Å². The first-order valence-electron chi connectivity index (χ1n) is 7.77. The van der Waals surface area contributed by atoms with E-state index in [1.165, 1.54) is 18.7 Å². The van der Waals surface area contributed by atoms with Gasteiger partial charge in [0.1, 0.15) is 12.1 Å². The number of imidazole rings is 1. The van der Waals surface area contributed by atoms with Crippen molar-refractivity contribution in [3.8, 4) is 0 Å². The summed E-state index contributed by atoms with van der Waals surface area (Å²) in [4.78, 5) is 11.6. The van der Waals surface area contributed by atoms with Crippen molar-refractivity contribution < 1.29 is 4.42 Å². The molecule has 0 saturated carbocycles. The minimum Gasteiger partial charge on any atom is -0.448 e. The molecule has 3 rings (SSSR count). The highest BCUT2D eigenvalue weighted by molar-refractivity contribution is 5.04. The van der Waals surface area contributed by atoms with Crippen molar-refractivity contribution in [3.05, 3.63) is 36.1 Å². The van der Waals surface area contributed by atoms with Gasteiger partial charge in [-0.15, -0.1) is 0 Å². The number of oxazole rings is 1. The van der Waals surface area contributed by atoms with Crippen LogP contribution in [0.2, 0.25) is 0 Å². The second-order valence-corrected chi connectivity index (χ2v) is 6.30. The molecule has 0 aliphatic carbocycles. The number of hydrogen-bond donors (Lipinski definition) is 0. The highest BCUT2D eigenvalue weighted by Crippen LogP contribution is 2.26. The molecule has 0 N–H and O–H groups in total. The molecule has 1 aliphatic heterocycles. The Bertz CT molecular complexity index is 587. The number of hydrogen-bond acceptors (Lipinski definition) is 4. The third-order valence-electron chi connectivity index (χ3n) is 4.18. The van der Waals surface area contributed by atoms with Gasteiger partial charge in [0, 0.05) is 44.4 Å². The molecular formula is C16H24N4O. The van der Waals surface area contributed by atoms with Gasteiger partial charge in [-0.3, -0.25) is 4.90 Å². The van der Waals surface area contributed by atoms with Gasteiger partial charge in [-0.1, -0.05) is 13.8 Å². The first-order valence-corrected chi connectivity index (χ1v) is 7.77. The molecule has 5 nitrogen and oxygen atoms in total. The van der Waals surface area contributed by atoms with Crippen LogP contribution in [0.4, 0.5) is 0 Å². The summed E-state index contributed by atoms with van der Waals surface area (Å²) < 4.78 is 7.67. The predicted octanol–water partition coefficient (Wildman–Crippen LogP) is 2.91. The van der Waals surface area contributed by atoms with E-state index in [9.17, 15) is 0 Å². The van der Waals surface area contributed by atoms with E-state index < -0.39 is 0 Å². The molecule has 0 bridgehead atoms. The standard InChI is InChI=1S/C16H24N4O/c1-12(2)16-18-14(11-21-16)10-20-7-4-5-13(9-20)15-17-6-8-19(15)3/h6,8,11-13H,4-5,7,9-10H2,1-3H3/t13-/m0/s1. The fourth-order valence-corrected chi connectivity index (χ4v) is 3.07.